The van der Waals surface area contributed by atoms with Gasteiger partial charge in [-0.15, -0.1) is 0 Å². The number of halogens is 1. The number of nitrogens with one attached hydrogen (secondary N) is 1. The van der Waals surface area contributed by atoms with Crippen LogP contribution in [-0.2, 0) is 16.1 Å². The number of β-amino-alcohol motifs (C(OH)–C–C–N with tert-alkyl or cyclic N) is 1. The molecule has 1 fully saturated rings. The van der Waals surface area contributed by atoms with E-state index < -0.39 is 25.2 Å². The molecule has 2 aromatic rings. The number of aryl methyl sites for hydroxylation is 1. The first-order valence-corrected chi connectivity index (χ1v) is 12.4. The quantitative estimate of drug-likeness (QED) is 0.259. The molecule has 10 nitrogen and oxygen atoms in total. The van der Waals surface area contributed by atoms with E-state index >= 15 is 0 Å². The van der Waals surface area contributed by atoms with E-state index in [-0.39, 0.29) is 50.2 Å². The Balaban J connectivity index is 1.69. The van der Waals surface area contributed by atoms with Crippen molar-refractivity contribution in [2.75, 3.05) is 13.2 Å². The normalized spacial score (nSPS) is 18.4. The molecule has 0 unspecified atom stereocenters. The molecule has 3 atom stereocenters. The van der Waals surface area contributed by atoms with Gasteiger partial charge in [0.05, 0.1) is 18.4 Å². The maximum Gasteiger partial charge on any atom is 0.451 e. The van der Waals surface area contributed by atoms with Crippen LogP contribution in [0.2, 0.25) is 11.3 Å². The fraction of sp³-hybridized carbons (Fsp3) is 0.542. The highest BCUT2D eigenvalue weighted by Gasteiger charge is 2.43. The van der Waals surface area contributed by atoms with Gasteiger partial charge in [-0.1, -0.05) is 36.7 Å². The maximum atomic E-state index is 13.5. The average molecular weight is 522 g/mol. The molecule has 4 N–H and O–H groups in total. The first-order chi connectivity index (χ1) is 17.1. The van der Waals surface area contributed by atoms with Gasteiger partial charge in [-0.2, -0.15) is 0 Å². The highest BCUT2D eigenvalue weighted by atomic mass is 35.5. The van der Waals surface area contributed by atoms with Crippen LogP contribution >= 0.6 is 11.6 Å². The number of benzene rings is 1. The van der Waals surface area contributed by atoms with E-state index in [0.717, 1.165) is 0 Å². The second kappa shape index (κ2) is 12.6. The van der Waals surface area contributed by atoms with Crippen molar-refractivity contribution in [1.29, 1.82) is 0 Å². The zero-order chi connectivity index (χ0) is 26.4. The molecule has 1 saturated heterocycles. The largest absolute Gasteiger partial charge is 0.493 e. The van der Waals surface area contributed by atoms with Crippen molar-refractivity contribution < 1.29 is 34.0 Å². The molecule has 2 heterocycles. The Kier molecular flexibility index (Phi) is 9.78. The van der Waals surface area contributed by atoms with Crippen LogP contribution in [0.5, 0.6) is 5.75 Å². The minimum atomic E-state index is -1.40. The number of carbonyl (C=O) groups excluding carboxylic acids is 2. The smallest absolute Gasteiger partial charge is 0.451 e. The predicted molar refractivity (Wildman–Crippen MR) is 133 cm³/mol. The molecule has 0 bridgehead atoms. The van der Waals surface area contributed by atoms with E-state index in [0.29, 0.717) is 34.2 Å². The summed E-state index contributed by atoms with van der Waals surface area (Å²) in [6.45, 7) is 5.98. The van der Waals surface area contributed by atoms with Gasteiger partial charge in [0.1, 0.15) is 23.5 Å². The zero-order valence-corrected chi connectivity index (χ0v) is 21.4. The lowest BCUT2D eigenvalue weighted by molar-refractivity contribution is -0.141. The van der Waals surface area contributed by atoms with E-state index in [1.165, 1.54) is 4.90 Å². The SMILES string of the molecule is Cc1cc([C@H](C(=O)N2C[C@H](O)C[C@H]2C(=O)NCc2ccc(Cl)cc2OCCCB(O)O)C(C)C)on1. The summed E-state index contributed by atoms with van der Waals surface area (Å²) in [4.78, 5) is 28.1. The number of hydrogen-bond donors (Lipinski definition) is 4. The van der Waals surface area contributed by atoms with Gasteiger partial charge >= 0.3 is 7.12 Å². The first kappa shape index (κ1) is 28.0. The molecule has 0 saturated carbocycles. The summed E-state index contributed by atoms with van der Waals surface area (Å²) >= 11 is 6.09. The molecular formula is C24H33BClN3O7. The molecule has 0 spiro atoms. The summed E-state index contributed by atoms with van der Waals surface area (Å²) in [6.07, 6.45) is -0.0868. The molecule has 1 aromatic heterocycles. The third-order valence-electron chi connectivity index (χ3n) is 6.10. The lowest BCUT2D eigenvalue weighted by Gasteiger charge is -2.28. The van der Waals surface area contributed by atoms with Crippen LogP contribution in [0.4, 0.5) is 0 Å². The lowest BCUT2D eigenvalue weighted by Crippen LogP contribution is -2.48. The Labute approximate surface area is 215 Å². The van der Waals surface area contributed by atoms with Gasteiger partial charge in [0.2, 0.25) is 11.8 Å². The van der Waals surface area contributed by atoms with Crippen molar-refractivity contribution in [2.24, 2.45) is 5.92 Å². The number of aliphatic hydroxyl groups is 1. The molecule has 196 valence electrons. The highest BCUT2D eigenvalue weighted by Crippen LogP contribution is 2.31. The number of rotatable bonds is 11. The summed E-state index contributed by atoms with van der Waals surface area (Å²) in [5, 5.41) is 35.5. The van der Waals surface area contributed by atoms with Gasteiger partial charge in [0.15, 0.2) is 0 Å². The van der Waals surface area contributed by atoms with E-state index in [2.05, 4.69) is 10.5 Å². The predicted octanol–water partition coefficient (Wildman–Crippen LogP) is 1.90. The van der Waals surface area contributed by atoms with Crippen molar-refractivity contribution >= 4 is 30.5 Å². The Morgan fingerprint density at radius 1 is 1.33 bits per heavy atom. The molecule has 2 amide bonds. The fourth-order valence-electron chi connectivity index (χ4n) is 4.31. The van der Waals surface area contributed by atoms with E-state index in [9.17, 15) is 14.7 Å². The van der Waals surface area contributed by atoms with Gasteiger partial charge in [-0.3, -0.25) is 9.59 Å². The topological polar surface area (TPSA) is 145 Å². The number of ether oxygens (including phenoxy) is 1. The maximum absolute atomic E-state index is 13.5. The van der Waals surface area contributed by atoms with Crippen LogP contribution in [0.1, 0.15) is 49.6 Å². The second-order valence-electron chi connectivity index (χ2n) is 9.43. The first-order valence-electron chi connectivity index (χ1n) is 12.0. The van der Waals surface area contributed by atoms with Crippen molar-refractivity contribution in [3.05, 3.63) is 46.3 Å². The van der Waals surface area contributed by atoms with Gasteiger partial charge in [0.25, 0.3) is 0 Å². The minimum Gasteiger partial charge on any atom is -0.493 e. The lowest BCUT2D eigenvalue weighted by atomic mass is 9.85. The molecule has 1 aromatic carbocycles. The van der Waals surface area contributed by atoms with E-state index in [4.69, 9.17) is 30.9 Å². The molecule has 0 aliphatic carbocycles. The van der Waals surface area contributed by atoms with Gasteiger partial charge < -0.3 is 34.6 Å². The van der Waals surface area contributed by atoms with Crippen LogP contribution in [0.15, 0.2) is 28.8 Å². The van der Waals surface area contributed by atoms with Gasteiger partial charge in [-0.05, 0) is 37.7 Å². The number of carbonyl (C=O) groups is 2. The summed E-state index contributed by atoms with van der Waals surface area (Å²) in [6, 6.07) is 5.91. The summed E-state index contributed by atoms with van der Waals surface area (Å²) < 4.78 is 11.1. The second-order valence-corrected chi connectivity index (χ2v) is 9.87. The number of aromatic nitrogens is 1. The number of hydrogen-bond acceptors (Lipinski definition) is 8. The van der Waals surface area contributed by atoms with Crippen LogP contribution < -0.4 is 10.1 Å². The monoisotopic (exact) mass is 521 g/mol. The zero-order valence-electron chi connectivity index (χ0n) is 20.7. The van der Waals surface area contributed by atoms with Crippen LogP contribution in [0.25, 0.3) is 0 Å². The molecule has 3 rings (SSSR count). The summed E-state index contributed by atoms with van der Waals surface area (Å²) in [5.74, 6) is -0.507. The molecule has 0 radical (unpaired) electrons. The Morgan fingerprint density at radius 3 is 2.72 bits per heavy atom. The molecule has 1 aliphatic rings. The highest BCUT2D eigenvalue weighted by molar-refractivity contribution is 6.40. The van der Waals surface area contributed by atoms with E-state index in [1.807, 2.05) is 13.8 Å². The fourth-order valence-corrected chi connectivity index (χ4v) is 4.47. The van der Waals surface area contributed by atoms with Crippen molar-refractivity contribution in [2.45, 2.75) is 64.5 Å². The number of aliphatic hydroxyl groups excluding tert-OH is 1. The van der Waals surface area contributed by atoms with Crippen LogP contribution in [-0.4, -0.2) is 69.4 Å². The molecule has 1 aliphatic heterocycles. The number of likely N-dealkylation sites (tertiary alicyclic amines) is 1. The van der Waals surface area contributed by atoms with Crippen molar-refractivity contribution in [3.8, 4) is 5.75 Å². The molecule has 12 heteroatoms. The van der Waals surface area contributed by atoms with E-state index in [1.54, 1.807) is 31.2 Å². The van der Waals surface area contributed by atoms with Crippen LogP contribution in [0.3, 0.4) is 0 Å². The molecule has 36 heavy (non-hydrogen) atoms. The Hall–Kier alpha value is -2.60. The number of amides is 2. The summed E-state index contributed by atoms with van der Waals surface area (Å²) in [5.41, 5.74) is 1.33. The van der Waals surface area contributed by atoms with Crippen molar-refractivity contribution in [3.63, 3.8) is 0 Å². The standard InChI is InChI=1S/C24H33BClN3O7/c1-14(2)22(21-9-15(3)28-36-21)24(32)29-13-18(30)11-19(29)23(31)27-12-16-5-6-17(26)10-20(16)35-8-4-7-25(33)34/h5-6,9-10,14,18-19,22,30,33-34H,4,7-8,11-13H2,1-3H3,(H,27,31)/t18-,19+,22-/m1/s1. The van der Waals surface area contributed by atoms with Crippen LogP contribution in [0, 0.1) is 12.8 Å². The Bertz CT molecular complexity index is 1050. The Morgan fingerprint density at radius 2 is 2.08 bits per heavy atom. The van der Waals surface area contributed by atoms with Crippen molar-refractivity contribution in [1.82, 2.24) is 15.4 Å². The van der Waals surface area contributed by atoms with Gasteiger partial charge in [-0.25, -0.2) is 0 Å². The average Bonchev–Trinajstić information content (AvgIpc) is 3.41. The number of nitrogens with zero attached hydrogens (tertiary/aromatic N) is 2. The third-order valence-corrected chi connectivity index (χ3v) is 6.33. The summed E-state index contributed by atoms with van der Waals surface area (Å²) in [7, 11) is -1.40. The minimum absolute atomic E-state index is 0.0548. The van der Waals surface area contributed by atoms with Gasteiger partial charge in [0, 0.05) is 36.2 Å². The molecular weight excluding hydrogens is 489 g/mol. The third kappa shape index (κ3) is 7.22.